The number of carbonyl (C=O) groups excluding carboxylic acids is 4. The number of esters is 1. The van der Waals surface area contributed by atoms with Gasteiger partial charge in [0.05, 0.1) is 6.42 Å². The molecule has 8 nitrogen and oxygen atoms in total. The zero-order valence-corrected chi connectivity index (χ0v) is 15.2. The predicted molar refractivity (Wildman–Crippen MR) is 102 cm³/mol. The van der Waals surface area contributed by atoms with Gasteiger partial charge in [0.2, 0.25) is 17.6 Å². The van der Waals surface area contributed by atoms with Gasteiger partial charge in [-0.25, -0.2) is 4.79 Å². The van der Waals surface area contributed by atoms with E-state index in [1.165, 1.54) is 0 Å². The lowest BCUT2D eigenvalue weighted by atomic mass is 10.1. The fourth-order valence-electron chi connectivity index (χ4n) is 3.06. The Labute approximate surface area is 165 Å². The fourth-order valence-corrected chi connectivity index (χ4v) is 3.06. The summed E-state index contributed by atoms with van der Waals surface area (Å²) >= 11 is 0. The number of amides is 1. The number of ketones is 2. The topological polar surface area (TPSA) is 111 Å². The minimum absolute atomic E-state index is 0.000710. The van der Waals surface area contributed by atoms with Crippen LogP contribution in [0.1, 0.15) is 15.9 Å². The molecule has 0 aromatic heterocycles. The summed E-state index contributed by atoms with van der Waals surface area (Å²) in [6, 6.07) is 13.7. The van der Waals surface area contributed by atoms with Gasteiger partial charge >= 0.3 is 5.97 Å². The minimum Gasteiger partial charge on any atom is -0.470 e. The van der Waals surface area contributed by atoms with Crippen LogP contribution in [0.2, 0.25) is 0 Å². The zero-order chi connectivity index (χ0) is 20.4. The first-order chi connectivity index (χ1) is 14.0. The van der Waals surface area contributed by atoms with Crippen LogP contribution in [0.5, 0.6) is 0 Å². The molecule has 2 aromatic rings. The van der Waals surface area contributed by atoms with Crippen molar-refractivity contribution in [1.82, 2.24) is 0 Å². The monoisotopic (exact) mass is 392 g/mol. The molecule has 29 heavy (non-hydrogen) atoms. The number of fused-ring (bicyclic) bond motifs is 1. The Morgan fingerprint density at radius 3 is 2.69 bits per heavy atom. The lowest BCUT2D eigenvalue weighted by Gasteiger charge is -2.09. The number of carbonyl (C=O) groups is 4. The standard InChI is InChI=1S/C21H16N2O6/c24-16(12-6-7-15-13(8-12)9-18(26)23-15)10-29-21(27)19-17(25)11-28-20(19)22-14-4-2-1-3-5-14/h1-8,22H,9-11H2,(H,23,26). The molecule has 2 aromatic carbocycles. The van der Waals surface area contributed by atoms with Crippen LogP contribution < -0.4 is 10.6 Å². The number of rotatable bonds is 6. The molecular weight excluding hydrogens is 376 g/mol. The first-order valence-corrected chi connectivity index (χ1v) is 8.87. The molecule has 2 heterocycles. The second-order valence-electron chi connectivity index (χ2n) is 6.50. The van der Waals surface area contributed by atoms with Crippen molar-refractivity contribution < 1.29 is 28.7 Å². The molecule has 2 aliphatic rings. The largest absolute Gasteiger partial charge is 0.470 e. The van der Waals surface area contributed by atoms with Crippen molar-refractivity contribution in [2.45, 2.75) is 6.42 Å². The highest BCUT2D eigenvalue weighted by Crippen LogP contribution is 2.24. The molecule has 0 atom stereocenters. The number of hydrogen-bond donors (Lipinski definition) is 2. The lowest BCUT2D eigenvalue weighted by molar-refractivity contribution is -0.139. The molecule has 4 rings (SSSR count). The van der Waals surface area contributed by atoms with E-state index in [1.54, 1.807) is 42.5 Å². The molecule has 2 N–H and O–H groups in total. The molecular formula is C21H16N2O6. The van der Waals surface area contributed by atoms with E-state index in [9.17, 15) is 19.2 Å². The third-order valence-electron chi connectivity index (χ3n) is 4.48. The Kier molecular flexibility index (Phi) is 4.82. The SMILES string of the molecule is O=C1Cc2cc(C(=O)COC(=O)C3=C(Nc4ccccc4)OCC3=O)ccc2N1. The molecule has 0 spiro atoms. The summed E-state index contributed by atoms with van der Waals surface area (Å²) in [7, 11) is 0. The van der Waals surface area contributed by atoms with Gasteiger partial charge in [-0.1, -0.05) is 18.2 Å². The van der Waals surface area contributed by atoms with E-state index in [0.717, 1.165) is 0 Å². The van der Waals surface area contributed by atoms with E-state index in [2.05, 4.69) is 10.6 Å². The van der Waals surface area contributed by atoms with Crippen molar-refractivity contribution in [3.05, 3.63) is 71.1 Å². The third-order valence-corrected chi connectivity index (χ3v) is 4.48. The number of benzene rings is 2. The molecule has 0 saturated carbocycles. The number of Topliss-reactive ketones (excluding diaryl/α,β-unsaturated/α-hetero) is 2. The maximum Gasteiger partial charge on any atom is 0.347 e. The van der Waals surface area contributed by atoms with Crippen molar-refractivity contribution in [1.29, 1.82) is 0 Å². The average Bonchev–Trinajstić information content (AvgIpc) is 3.27. The van der Waals surface area contributed by atoms with Gasteiger partial charge in [-0.3, -0.25) is 14.4 Å². The highest BCUT2D eigenvalue weighted by Gasteiger charge is 2.33. The van der Waals surface area contributed by atoms with Crippen molar-refractivity contribution in [2.75, 3.05) is 23.8 Å². The highest BCUT2D eigenvalue weighted by molar-refractivity contribution is 6.20. The van der Waals surface area contributed by atoms with Crippen LogP contribution in [0.15, 0.2) is 60.0 Å². The van der Waals surface area contributed by atoms with E-state index < -0.39 is 24.1 Å². The normalized spacial score (nSPS) is 14.9. The van der Waals surface area contributed by atoms with Gasteiger partial charge in [0.15, 0.2) is 24.6 Å². The summed E-state index contributed by atoms with van der Waals surface area (Å²) < 4.78 is 10.3. The van der Waals surface area contributed by atoms with Crippen LogP contribution in [0.25, 0.3) is 0 Å². The maximum absolute atomic E-state index is 12.4. The Hall–Kier alpha value is -3.94. The number of para-hydroxylation sites is 1. The van der Waals surface area contributed by atoms with Crippen LogP contribution in [-0.4, -0.2) is 36.7 Å². The molecule has 0 unspecified atom stereocenters. The smallest absolute Gasteiger partial charge is 0.347 e. The minimum atomic E-state index is -0.933. The summed E-state index contributed by atoms with van der Waals surface area (Å²) in [6.45, 7) is -0.812. The van der Waals surface area contributed by atoms with Crippen LogP contribution in [0.3, 0.4) is 0 Å². The van der Waals surface area contributed by atoms with Gasteiger partial charge in [-0.05, 0) is 35.9 Å². The molecule has 0 bridgehead atoms. The average molecular weight is 392 g/mol. The van der Waals surface area contributed by atoms with Gasteiger partial charge in [0.25, 0.3) is 0 Å². The molecule has 0 aliphatic carbocycles. The second-order valence-corrected chi connectivity index (χ2v) is 6.50. The van der Waals surface area contributed by atoms with E-state index in [4.69, 9.17) is 9.47 Å². The highest BCUT2D eigenvalue weighted by atomic mass is 16.5. The van der Waals surface area contributed by atoms with Crippen LogP contribution in [0.4, 0.5) is 11.4 Å². The molecule has 8 heteroatoms. The summed E-state index contributed by atoms with van der Waals surface area (Å²) in [6.07, 6.45) is 0.198. The molecule has 2 aliphatic heterocycles. The first-order valence-electron chi connectivity index (χ1n) is 8.87. The molecule has 0 fully saturated rings. The van der Waals surface area contributed by atoms with Gasteiger partial charge in [0, 0.05) is 16.9 Å². The summed E-state index contributed by atoms with van der Waals surface area (Å²) in [5.41, 5.74) is 2.08. The summed E-state index contributed by atoms with van der Waals surface area (Å²) in [5, 5.41) is 5.55. The first kappa shape index (κ1) is 18.4. The molecule has 0 saturated heterocycles. The fraction of sp³-hybridized carbons (Fsp3) is 0.143. The Morgan fingerprint density at radius 2 is 1.90 bits per heavy atom. The lowest BCUT2D eigenvalue weighted by Crippen LogP contribution is -2.20. The number of anilines is 2. The van der Waals surface area contributed by atoms with Crippen molar-refractivity contribution in [2.24, 2.45) is 0 Å². The third kappa shape index (κ3) is 3.86. The molecule has 0 radical (unpaired) electrons. The van der Waals surface area contributed by atoms with E-state index >= 15 is 0 Å². The van der Waals surface area contributed by atoms with Crippen molar-refractivity contribution >= 4 is 34.8 Å². The van der Waals surface area contributed by atoms with Crippen LogP contribution in [0, 0.1) is 0 Å². The van der Waals surface area contributed by atoms with E-state index in [0.29, 0.717) is 22.5 Å². The quantitative estimate of drug-likeness (QED) is 0.438. The van der Waals surface area contributed by atoms with Crippen LogP contribution in [-0.2, 0) is 30.3 Å². The van der Waals surface area contributed by atoms with Crippen LogP contribution >= 0.6 is 0 Å². The maximum atomic E-state index is 12.4. The number of ether oxygens (including phenoxy) is 2. The van der Waals surface area contributed by atoms with Crippen molar-refractivity contribution in [3.63, 3.8) is 0 Å². The Bertz CT molecular complexity index is 1060. The van der Waals surface area contributed by atoms with Crippen molar-refractivity contribution in [3.8, 4) is 0 Å². The Morgan fingerprint density at radius 1 is 1.10 bits per heavy atom. The molecule has 1 amide bonds. The van der Waals surface area contributed by atoms with Gasteiger partial charge in [-0.2, -0.15) is 0 Å². The Balaban J connectivity index is 1.43. The van der Waals surface area contributed by atoms with E-state index in [1.807, 2.05) is 6.07 Å². The summed E-state index contributed by atoms with van der Waals surface area (Å²) in [4.78, 5) is 48.2. The van der Waals surface area contributed by atoms with Gasteiger partial charge in [0.1, 0.15) is 0 Å². The summed E-state index contributed by atoms with van der Waals surface area (Å²) in [5.74, 6) is -2.03. The van der Waals surface area contributed by atoms with E-state index in [-0.39, 0.29) is 30.4 Å². The predicted octanol–water partition coefficient (Wildman–Crippen LogP) is 1.83. The number of hydrogen-bond acceptors (Lipinski definition) is 7. The molecule has 146 valence electrons. The van der Waals surface area contributed by atoms with Gasteiger partial charge in [-0.15, -0.1) is 0 Å². The van der Waals surface area contributed by atoms with Gasteiger partial charge < -0.3 is 20.1 Å². The number of nitrogens with one attached hydrogen (secondary N) is 2. The zero-order valence-electron chi connectivity index (χ0n) is 15.2. The second kappa shape index (κ2) is 7.59.